The minimum Gasteiger partial charge on any atom is -0.394 e. The highest BCUT2D eigenvalue weighted by molar-refractivity contribution is 5.64. The number of nitrogens with one attached hydrogen (secondary N) is 1. The molecule has 2 rings (SSSR count). The number of ether oxygens (including phenoxy) is 1. The van der Waals surface area contributed by atoms with Crippen LogP contribution in [0.4, 0.5) is 11.5 Å². The van der Waals surface area contributed by atoms with Gasteiger partial charge in [0.1, 0.15) is 5.82 Å². The third kappa shape index (κ3) is 3.12. The SMILES string of the molecule is CCn1nc(C)c(N)c1NCCOCC1CC1. The molecule has 0 aliphatic heterocycles. The van der Waals surface area contributed by atoms with Crippen LogP contribution in [0.3, 0.4) is 0 Å². The van der Waals surface area contributed by atoms with Crippen LogP contribution in [0, 0.1) is 12.8 Å². The highest BCUT2D eigenvalue weighted by Gasteiger charge is 2.20. The Morgan fingerprint density at radius 3 is 2.94 bits per heavy atom. The van der Waals surface area contributed by atoms with E-state index in [1.807, 2.05) is 11.6 Å². The summed E-state index contributed by atoms with van der Waals surface area (Å²) in [4.78, 5) is 0. The molecule has 3 N–H and O–H groups in total. The Kier molecular flexibility index (Phi) is 3.89. The zero-order valence-corrected chi connectivity index (χ0v) is 10.7. The van der Waals surface area contributed by atoms with Crippen molar-refractivity contribution in [3.8, 4) is 0 Å². The molecule has 1 aromatic rings. The van der Waals surface area contributed by atoms with Crippen LogP contribution in [0.25, 0.3) is 0 Å². The molecule has 0 saturated heterocycles. The number of hydrogen-bond acceptors (Lipinski definition) is 4. The summed E-state index contributed by atoms with van der Waals surface area (Å²) in [5.74, 6) is 1.74. The molecule has 0 atom stereocenters. The van der Waals surface area contributed by atoms with Crippen LogP contribution in [0.15, 0.2) is 0 Å². The molecule has 0 bridgehead atoms. The summed E-state index contributed by atoms with van der Waals surface area (Å²) in [6, 6.07) is 0. The number of aryl methyl sites for hydroxylation is 2. The molecule has 0 unspecified atom stereocenters. The highest BCUT2D eigenvalue weighted by Crippen LogP contribution is 2.28. The Bertz CT molecular complexity index is 371. The van der Waals surface area contributed by atoms with Crippen LogP contribution >= 0.6 is 0 Å². The van der Waals surface area contributed by atoms with Crippen molar-refractivity contribution in [3.05, 3.63) is 5.69 Å². The molecular formula is C12H22N4O. The van der Waals surface area contributed by atoms with E-state index in [1.165, 1.54) is 12.8 Å². The number of anilines is 2. The first-order valence-electron chi connectivity index (χ1n) is 6.36. The maximum Gasteiger partial charge on any atom is 0.148 e. The quantitative estimate of drug-likeness (QED) is 0.709. The van der Waals surface area contributed by atoms with Gasteiger partial charge < -0.3 is 15.8 Å². The zero-order valence-electron chi connectivity index (χ0n) is 10.7. The fraction of sp³-hybridized carbons (Fsp3) is 0.750. The molecule has 0 aromatic carbocycles. The van der Waals surface area contributed by atoms with Crippen LogP contribution in [0.5, 0.6) is 0 Å². The van der Waals surface area contributed by atoms with Gasteiger partial charge >= 0.3 is 0 Å². The molecule has 0 amide bonds. The Morgan fingerprint density at radius 1 is 1.53 bits per heavy atom. The van der Waals surface area contributed by atoms with Gasteiger partial charge in [-0.2, -0.15) is 5.10 Å². The van der Waals surface area contributed by atoms with E-state index >= 15 is 0 Å². The third-order valence-electron chi connectivity index (χ3n) is 3.06. The Hall–Kier alpha value is -1.23. The predicted molar refractivity (Wildman–Crippen MR) is 69.1 cm³/mol. The number of nitrogen functional groups attached to an aromatic ring is 1. The first-order valence-corrected chi connectivity index (χ1v) is 6.36. The Labute approximate surface area is 102 Å². The van der Waals surface area contributed by atoms with E-state index in [-0.39, 0.29) is 0 Å². The number of rotatable bonds is 7. The van der Waals surface area contributed by atoms with E-state index in [1.54, 1.807) is 0 Å². The predicted octanol–water partition coefficient (Wildman–Crippen LogP) is 1.63. The van der Waals surface area contributed by atoms with Crippen molar-refractivity contribution >= 4 is 11.5 Å². The lowest BCUT2D eigenvalue weighted by atomic mass is 10.4. The smallest absolute Gasteiger partial charge is 0.148 e. The van der Waals surface area contributed by atoms with E-state index < -0.39 is 0 Å². The fourth-order valence-electron chi connectivity index (χ4n) is 1.79. The molecule has 96 valence electrons. The Morgan fingerprint density at radius 2 is 2.29 bits per heavy atom. The summed E-state index contributed by atoms with van der Waals surface area (Å²) in [5, 5.41) is 7.65. The molecule has 1 aliphatic rings. The second kappa shape index (κ2) is 5.40. The standard InChI is InChI=1S/C12H22N4O/c1-3-16-12(11(13)9(2)15-16)14-6-7-17-8-10-4-5-10/h10,14H,3-8,13H2,1-2H3. The molecule has 1 aromatic heterocycles. The molecule has 0 radical (unpaired) electrons. The lowest BCUT2D eigenvalue weighted by Crippen LogP contribution is -2.14. The van der Waals surface area contributed by atoms with Gasteiger partial charge in [0.2, 0.25) is 0 Å². The van der Waals surface area contributed by atoms with Gasteiger partial charge in [0, 0.05) is 19.7 Å². The number of hydrogen-bond donors (Lipinski definition) is 2. The van der Waals surface area contributed by atoms with Gasteiger partial charge in [-0.15, -0.1) is 0 Å². The summed E-state index contributed by atoms with van der Waals surface area (Å²) in [6.45, 7) is 7.22. The van der Waals surface area contributed by atoms with E-state index in [0.29, 0.717) is 0 Å². The van der Waals surface area contributed by atoms with Crippen LogP contribution in [-0.2, 0) is 11.3 Å². The molecule has 17 heavy (non-hydrogen) atoms. The second-order valence-electron chi connectivity index (χ2n) is 4.61. The molecule has 0 spiro atoms. The van der Waals surface area contributed by atoms with Crippen LogP contribution in [0.2, 0.25) is 0 Å². The van der Waals surface area contributed by atoms with Gasteiger partial charge in [-0.1, -0.05) is 0 Å². The number of aromatic nitrogens is 2. The minimum absolute atomic E-state index is 0.726. The lowest BCUT2D eigenvalue weighted by molar-refractivity contribution is 0.133. The van der Waals surface area contributed by atoms with Gasteiger partial charge in [0.25, 0.3) is 0 Å². The van der Waals surface area contributed by atoms with Gasteiger partial charge in [0.15, 0.2) is 0 Å². The number of nitrogens with two attached hydrogens (primary N) is 1. The summed E-state index contributed by atoms with van der Waals surface area (Å²) < 4.78 is 7.46. The average Bonchev–Trinajstić information content (AvgIpc) is 3.10. The van der Waals surface area contributed by atoms with Crippen LogP contribution in [0.1, 0.15) is 25.5 Å². The average molecular weight is 238 g/mol. The van der Waals surface area contributed by atoms with Gasteiger partial charge in [-0.3, -0.25) is 0 Å². The van der Waals surface area contributed by atoms with Gasteiger partial charge in [0.05, 0.1) is 18.0 Å². The summed E-state index contributed by atoms with van der Waals surface area (Å²) in [7, 11) is 0. The van der Waals surface area contributed by atoms with Crippen LogP contribution in [-0.4, -0.2) is 29.5 Å². The maximum absolute atomic E-state index is 5.97. The third-order valence-corrected chi connectivity index (χ3v) is 3.06. The molecule has 1 aliphatic carbocycles. The Balaban J connectivity index is 1.76. The summed E-state index contributed by atoms with van der Waals surface area (Å²) >= 11 is 0. The van der Waals surface area contributed by atoms with E-state index in [9.17, 15) is 0 Å². The van der Waals surface area contributed by atoms with Crippen molar-refractivity contribution in [1.82, 2.24) is 9.78 Å². The lowest BCUT2D eigenvalue weighted by Gasteiger charge is -2.09. The normalized spacial score (nSPS) is 15.2. The molecule has 1 saturated carbocycles. The maximum atomic E-state index is 5.97. The molecule has 5 nitrogen and oxygen atoms in total. The largest absolute Gasteiger partial charge is 0.394 e. The highest BCUT2D eigenvalue weighted by atomic mass is 16.5. The van der Waals surface area contributed by atoms with Gasteiger partial charge in [-0.05, 0) is 32.6 Å². The van der Waals surface area contributed by atoms with Gasteiger partial charge in [-0.25, -0.2) is 4.68 Å². The topological polar surface area (TPSA) is 65.1 Å². The molecule has 5 heteroatoms. The zero-order chi connectivity index (χ0) is 12.3. The molecule has 1 heterocycles. The monoisotopic (exact) mass is 238 g/mol. The summed E-state index contributed by atoms with van der Waals surface area (Å²) in [5.41, 5.74) is 7.59. The minimum atomic E-state index is 0.726. The van der Waals surface area contributed by atoms with E-state index in [0.717, 1.165) is 49.4 Å². The van der Waals surface area contributed by atoms with Crippen molar-refractivity contribution in [2.24, 2.45) is 5.92 Å². The van der Waals surface area contributed by atoms with Crippen molar-refractivity contribution in [2.75, 3.05) is 30.8 Å². The van der Waals surface area contributed by atoms with Crippen molar-refractivity contribution < 1.29 is 4.74 Å². The number of nitrogens with zero attached hydrogens (tertiary/aromatic N) is 2. The van der Waals surface area contributed by atoms with Crippen molar-refractivity contribution in [1.29, 1.82) is 0 Å². The summed E-state index contributed by atoms with van der Waals surface area (Å²) in [6.07, 6.45) is 2.67. The van der Waals surface area contributed by atoms with Crippen LogP contribution < -0.4 is 11.1 Å². The first-order chi connectivity index (χ1) is 8.22. The fourth-order valence-corrected chi connectivity index (χ4v) is 1.79. The first kappa shape index (κ1) is 12.2. The molecular weight excluding hydrogens is 216 g/mol. The van der Waals surface area contributed by atoms with E-state index in [4.69, 9.17) is 10.5 Å². The second-order valence-corrected chi connectivity index (χ2v) is 4.61. The van der Waals surface area contributed by atoms with Crippen molar-refractivity contribution in [3.63, 3.8) is 0 Å². The molecule has 1 fully saturated rings. The van der Waals surface area contributed by atoms with E-state index in [2.05, 4.69) is 17.3 Å². The van der Waals surface area contributed by atoms with Crippen molar-refractivity contribution in [2.45, 2.75) is 33.2 Å².